The number of amides is 5. The molecule has 0 radical (unpaired) electrons. The molecule has 1 aliphatic heterocycles. The summed E-state index contributed by atoms with van der Waals surface area (Å²) in [6.07, 6.45) is 4.80. The molecule has 1 saturated heterocycles. The molecule has 5 amide bonds. The Morgan fingerprint density at radius 2 is 1.78 bits per heavy atom. The molecule has 128 valence electrons. The van der Waals surface area contributed by atoms with Crippen LogP contribution >= 0.6 is 0 Å². The molecular formula is C15H24N4O4. The summed E-state index contributed by atoms with van der Waals surface area (Å²) in [6.45, 7) is 3.20. The third kappa shape index (κ3) is 4.43. The Morgan fingerprint density at radius 3 is 2.35 bits per heavy atom. The molecule has 8 nitrogen and oxygen atoms in total. The number of hydrogen-bond donors (Lipinski definition) is 3. The van der Waals surface area contributed by atoms with E-state index in [0.29, 0.717) is 12.3 Å². The third-order valence-corrected chi connectivity index (χ3v) is 4.30. The molecule has 3 N–H and O–H groups in total. The normalized spacial score (nSPS) is 20.5. The van der Waals surface area contributed by atoms with Crippen LogP contribution in [0.3, 0.4) is 0 Å². The van der Waals surface area contributed by atoms with E-state index in [4.69, 9.17) is 0 Å². The van der Waals surface area contributed by atoms with Crippen molar-refractivity contribution in [2.45, 2.75) is 57.9 Å². The van der Waals surface area contributed by atoms with Crippen molar-refractivity contribution >= 4 is 23.8 Å². The molecule has 0 bridgehead atoms. The lowest BCUT2D eigenvalue weighted by Gasteiger charge is -2.16. The summed E-state index contributed by atoms with van der Waals surface area (Å²) in [5, 5.41) is 2.54. The summed E-state index contributed by atoms with van der Waals surface area (Å²) >= 11 is 0. The second-order valence-electron chi connectivity index (χ2n) is 6.71. The van der Waals surface area contributed by atoms with Gasteiger partial charge in [-0.1, -0.05) is 12.8 Å². The standard InChI is InChI=1S/C15H24N4O4/c1-15(2)13(22)19(14(23)16-15)8-7-11(20)17-18-12(21)9-10-5-3-4-6-10/h10H,3-9H2,1-2H3,(H,16,23)(H,17,20)(H,18,21). The van der Waals surface area contributed by atoms with Crippen molar-refractivity contribution in [2.75, 3.05) is 6.54 Å². The van der Waals surface area contributed by atoms with Crippen molar-refractivity contribution in [3.63, 3.8) is 0 Å². The molecule has 0 aromatic heterocycles. The highest BCUT2D eigenvalue weighted by Gasteiger charge is 2.43. The average molecular weight is 324 g/mol. The van der Waals surface area contributed by atoms with Crippen LogP contribution in [-0.4, -0.2) is 40.7 Å². The van der Waals surface area contributed by atoms with E-state index < -0.39 is 17.5 Å². The summed E-state index contributed by atoms with van der Waals surface area (Å²) in [4.78, 5) is 48.0. The minimum Gasteiger partial charge on any atom is -0.324 e. The first-order chi connectivity index (χ1) is 10.8. The quantitative estimate of drug-likeness (QED) is 0.503. The number of carbonyl (C=O) groups is 4. The summed E-state index contributed by atoms with van der Waals surface area (Å²) < 4.78 is 0. The van der Waals surface area contributed by atoms with E-state index in [9.17, 15) is 19.2 Å². The predicted octanol–water partition coefficient (Wildman–Crippen LogP) is 0.435. The molecule has 1 saturated carbocycles. The summed E-state index contributed by atoms with van der Waals surface area (Å²) in [5.41, 5.74) is 3.76. The first-order valence-corrected chi connectivity index (χ1v) is 8.01. The van der Waals surface area contributed by atoms with Gasteiger partial charge in [-0.2, -0.15) is 0 Å². The molecule has 0 atom stereocenters. The van der Waals surface area contributed by atoms with E-state index in [1.807, 2.05) is 0 Å². The van der Waals surface area contributed by atoms with E-state index >= 15 is 0 Å². The molecule has 2 rings (SSSR count). The van der Waals surface area contributed by atoms with E-state index in [1.165, 1.54) is 0 Å². The topological polar surface area (TPSA) is 108 Å². The lowest BCUT2D eigenvalue weighted by atomic mass is 10.0. The minimum absolute atomic E-state index is 0.0155. The molecule has 8 heteroatoms. The monoisotopic (exact) mass is 324 g/mol. The summed E-state index contributed by atoms with van der Waals surface area (Å²) in [7, 11) is 0. The lowest BCUT2D eigenvalue weighted by molar-refractivity contribution is -0.132. The van der Waals surface area contributed by atoms with Crippen molar-refractivity contribution in [2.24, 2.45) is 5.92 Å². The van der Waals surface area contributed by atoms with Gasteiger partial charge < -0.3 is 5.32 Å². The highest BCUT2D eigenvalue weighted by atomic mass is 16.2. The average Bonchev–Trinajstić information content (AvgIpc) is 3.03. The van der Waals surface area contributed by atoms with Crippen LogP contribution in [0.4, 0.5) is 4.79 Å². The van der Waals surface area contributed by atoms with Gasteiger partial charge in [-0.25, -0.2) is 4.79 Å². The van der Waals surface area contributed by atoms with Gasteiger partial charge in [0.15, 0.2) is 0 Å². The second-order valence-corrected chi connectivity index (χ2v) is 6.71. The van der Waals surface area contributed by atoms with Gasteiger partial charge in [-0.3, -0.25) is 30.1 Å². The number of urea groups is 1. The Kier molecular flexibility index (Phi) is 5.23. The summed E-state index contributed by atoms with van der Waals surface area (Å²) in [6, 6.07) is -0.502. The Labute approximate surface area is 135 Å². The van der Waals surface area contributed by atoms with Crippen LogP contribution in [0.2, 0.25) is 0 Å². The van der Waals surface area contributed by atoms with E-state index in [2.05, 4.69) is 16.2 Å². The first kappa shape index (κ1) is 17.2. The van der Waals surface area contributed by atoms with Crippen LogP contribution in [0.25, 0.3) is 0 Å². The molecular weight excluding hydrogens is 300 g/mol. The minimum atomic E-state index is -0.941. The van der Waals surface area contributed by atoms with Gasteiger partial charge in [-0.05, 0) is 32.6 Å². The second kappa shape index (κ2) is 6.97. The lowest BCUT2D eigenvalue weighted by Crippen LogP contribution is -2.44. The van der Waals surface area contributed by atoms with Gasteiger partial charge in [0.2, 0.25) is 11.8 Å². The number of rotatable bonds is 5. The van der Waals surface area contributed by atoms with Crippen LogP contribution in [-0.2, 0) is 14.4 Å². The zero-order valence-electron chi connectivity index (χ0n) is 13.6. The number of carbonyl (C=O) groups excluding carboxylic acids is 4. The van der Waals surface area contributed by atoms with Crippen molar-refractivity contribution < 1.29 is 19.2 Å². The Balaban J connectivity index is 1.68. The predicted molar refractivity (Wildman–Crippen MR) is 81.8 cm³/mol. The molecule has 1 aliphatic carbocycles. The maximum absolute atomic E-state index is 12.0. The number of hydrazine groups is 1. The van der Waals surface area contributed by atoms with Gasteiger partial charge in [-0.15, -0.1) is 0 Å². The van der Waals surface area contributed by atoms with Crippen LogP contribution in [0.15, 0.2) is 0 Å². The Bertz CT molecular complexity index is 512. The molecule has 2 fully saturated rings. The fourth-order valence-corrected chi connectivity index (χ4v) is 2.96. The highest BCUT2D eigenvalue weighted by Crippen LogP contribution is 2.27. The first-order valence-electron chi connectivity index (χ1n) is 8.01. The molecule has 0 spiro atoms. The summed E-state index contributed by atoms with van der Waals surface area (Å²) in [5.74, 6) is -0.600. The molecule has 0 aromatic carbocycles. The number of imide groups is 1. The van der Waals surface area contributed by atoms with Gasteiger partial charge in [0, 0.05) is 19.4 Å². The SMILES string of the molecule is CC1(C)NC(=O)N(CCC(=O)NNC(=O)CC2CCCC2)C1=O. The fourth-order valence-electron chi connectivity index (χ4n) is 2.96. The van der Waals surface area contributed by atoms with Crippen molar-refractivity contribution in [3.05, 3.63) is 0 Å². The van der Waals surface area contributed by atoms with Gasteiger partial charge in [0.25, 0.3) is 5.91 Å². The van der Waals surface area contributed by atoms with Crippen LogP contribution in [0.1, 0.15) is 52.4 Å². The van der Waals surface area contributed by atoms with Crippen LogP contribution < -0.4 is 16.2 Å². The molecule has 0 unspecified atom stereocenters. The maximum atomic E-state index is 12.0. The third-order valence-electron chi connectivity index (χ3n) is 4.30. The smallest absolute Gasteiger partial charge is 0.324 e. The highest BCUT2D eigenvalue weighted by molar-refractivity contribution is 6.06. The van der Waals surface area contributed by atoms with Gasteiger partial charge >= 0.3 is 6.03 Å². The zero-order chi connectivity index (χ0) is 17.0. The molecule has 0 aromatic rings. The van der Waals surface area contributed by atoms with Crippen LogP contribution in [0.5, 0.6) is 0 Å². The van der Waals surface area contributed by atoms with Crippen LogP contribution in [0, 0.1) is 5.92 Å². The Morgan fingerprint density at radius 1 is 1.17 bits per heavy atom. The molecule has 1 heterocycles. The van der Waals surface area contributed by atoms with Crippen molar-refractivity contribution in [1.29, 1.82) is 0 Å². The number of hydrogen-bond acceptors (Lipinski definition) is 4. The number of nitrogens with zero attached hydrogens (tertiary/aromatic N) is 1. The number of nitrogens with one attached hydrogen (secondary N) is 3. The van der Waals surface area contributed by atoms with Crippen molar-refractivity contribution in [3.8, 4) is 0 Å². The van der Waals surface area contributed by atoms with Gasteiger partial charge in [0.05, 0.1) is 0 Å². The van der Waals surface area contributed by atoms with E-state index in [1.54, 1.807) is 13.8 Å². The van der Waals surface area contributed by atoms with Gasteiger partial charge in [0.1, 0.15) is 5.54 Å². The van der Waals surface area contributed by atoms with Crippen molar-refractivity contribution in [1.82, 2.24) is 21.1 Å². The maximum Gasteiger partial charge on any atom is 0.325 e. The fraction of sp³-hybridized carbons (Fsp3) is 0.733. The molecule has 2 aliphatic rings. The zero-order valence-corrected chi connectivity index (χ0v) is 13.6. The van der Waals surface area contributed by atoms with E-state index in [-0.39, 0.29) is 24.8 Å². The largest absolute Gasteiger partial charge is 0.325 e. The van der Waals surface area contributed by atoms with E-state index in [0.717, 1.165) is 30.6 Å². The molecule has 23 heavy (non-hydrogen) atoms. The Hall–Kier alpha value is -2.12.